The summed E-state index contributed by atoms with van der Waals surface area (Å²) in [4.78, 5) is 2.60. The molecule has 0 atom stereocenters. The van der Waals surface area contributed by atoms with Crippen molar-refractivity contribution < 1.29 is 0 Å². The lowest BCUT2D eigenvalue weighted by Crippen LogP contribution is -2.33. The molecular weight excluding hydrogens is 180 g/mol. The smallest absolute Gasteiger partial charge is 0.00727 e. The molecule has 1 aliphatic rings. The van der Waals surface area contributed by atoms with Crippen LogP contribution in [0.2, 0.25) is 0 Å². The lowest BCUT2D eigenvalue weighted by Gasteiger charge is -2.25. The topological polar surface area (TPSA) is 15.3 Å². The van der Waals surface area contributed by atoms with Gasteiger partial charge in [0, 0.05) is 24.6 Å². The molecule has 0 amide bonds. The molecule has 0 saturated carbocycles. The molecule has 1 rings (SSSR count). The molecule has 0 unspecified atom stereocenters. The fourth-order valence-corrected chi connectivity index (χ4v) is 2.57. The van der Waals surface area contributed by atoms with Crippen molar-refractivity contribution in [1.82, 2.24) is 10.2 Å². The predicted octanol–water partition coefficient (Wildman–Crippen LogP) is 1.42. The van der Waals surface area contributed by atoms with Crippen LogP contribution in [0.1, 0.15) is 19.8 Å². The number of unbranched alkanes of at least 4 members (excludes halogenated alkanes) is 1. The van der Waals surface area contributed by atoms with Gasteiger partial charge in [-0.3, -0.25) is 0 Å². The molecule has 1 saturated heterocycles. The third-order valence-electron chi connectivity index (χ3n) is 2.43. The van der Waals surface area contributed by atoms with Crippen LogP contribution in [0, 0.1) is 0 Å². The van der Waals surface area contributed by atoms with Gasteiger partial charge in [-0.15, -0.1) is 0 Å². The van der Waals surface area contributed by atoms with Crippen molar-refractivity contribution >= 4 is 11.8 Å². The first-order valence-electron chi connectivity index (χ1n) is 5.44. The van der Waals surface area contributed by atoms with E-state index in [2.05, 4.69) is 28.9 Å². The fraction of sp³-hybridized carbons (Fsp3) is 1.00. The van der Waals surface area contributed by atoms with E-state index in [9.17, 15) is 0 Å². The van der Waals surface area contributed by atoms with Gasteiger partial charge in [0.1, 0.15) is 0 Å². The lowest BCUT2D eigenvalue weighted by atomic mass is 10.3. The Morgan fingerprint density at radius 1 is 1.23 bits per heavy atom. The quantitative estimate of drug-likeness (QED) is 0.656. The second-order valence-corrected chi connectivity index (χ2v) is 4.74. The van der Waals surface area contributed by atoms with Crippen molar-refractivity contribution in [2.24, 2.45) is 0 Å². The number of rotatable bonds is 6. The van der Waals surface area contributed by atoms with Gasteiger partial charge >= 0.3 is 0 Å². The number of hydrogen-bond acceptors (Lipinski definition) is 3. The molecule has 1 aliphatic heterocycles. The maximum atomic E-state index is 3.36. The van der Waals surface area contributed by atoms with Crippen LogP contribution < -0.4 is 5.32 Å². The van der Waals surface area contributed by atoms with Crippen LogP contribution in [-0.2, 0) is 0 Å². The van der Waals surface area contributed by atoms with Gasteiger partial charge in [-0.2, -0.15) is 11.8 Å². The highest BCUT2D eigenvalue weighted by atomic mass is 32.2. The highest BCUT2D eigenvalue weighted by molar-refractivity contribution is 7.99. The molecule has 0 aromatic carbocycles. The molecule has 3 heteroatoms. The third-order valence-corrected chi connectivity index (χ3v) is 3.37. The average Bonchev–Trinajstić information content (AvgIpc) is 2.19. The standard InChI is InChI=1S/C10H22N2S/c1-2-11-5-3-4-6-12-7-9-13-10-8-12/h11H,2-10H2,1H3. The maximum Gasteiger partial charge on any atom is 0.00727 e. The SMILES string of the molecule is CCNCCCCN1CCSCC1. The van der Waals surface area contributed by atoms with E-state index in [1.54, 1.807) is 0 Å². The molecule has 1 heterocycles. The van der Waals surface area contributed by atoms with E-state index in [0.717, 1.165) is 6.54 Å². The summed E-state index contributed by atoms with van der Waals surface area (Å²) < 4.78 is 0. The second-order valence-electron chi connectivity index (χ2n) is 3.51. The zero-order valence-electron chi connectivity index (χ0n) is 8.72. The van der Waals surface area contributed by atoms with E-state index in [1.807, 2.05) is 0 Å². The molecule has 0 aromatic heterocycles. The molecule has 78 valence electrons. The minimum Gasteiger partial charge on any atom is -0.317 e. The monoisotopic (exact) mass is 202 g/mol. The van der Waals surface area contributed by atoms with Crippen LogP contribution in [0.15, 0.2) is 0 Å². The van der Waals surface area contributed by atoms with E-state index in [4.69, 9.17) is 0 Å². The Hall–Kier alpha value is 0.270. The van der Waals surface area contributed by atoms with Crippen molar-refractivity contribution in [3.8, 4) is 0 Å². The van der Waals surface area contributed by atoms with Crippen molar-refractivity contribution in [3.05, 3.63) is 0 Å². The number of nitrogens with zero attached hydrogens (tertiary/aromatic N) is 1. The Morgan fingerprint density at radius 3 is 2.69 bits per heavy atom. The molecule has 0 radical (unpaired) electrons. The third kappa shape index (κ3) is 5.55. The number of hydrogen-bond donors (Lipinski definition) is 1. The van der Waals surface area contributed by atoms with E-state index in [1.165, 1.54) is 50.5 Å². The van der Waals surface area contributed by atoms with Gasteiger partial charge in [0.2, 0.25) is 0 Å². The van der Waals surface area contributed by atoms with Crippen LogP contribution in [0.4, 0.5) is 0 Å². The Bertz CT molecular complexity index is 113. The predicted molar refractivity (Wildman–Crippen MR) is 61.5 cm³/mol. The molecular formula is C10H22N2S. The van der Waals surface area contributed by atoms with Crippen molar-refractivity contribution in [1.29, 1.82) is 0 Å². The van der Waals surface area contributed by atoms with Gasteiger partial charge in [0.15, 0.2) is 0 Å². The van der Waals surface area contributed by atoms with Gasteiger partial charge in [-0.1, -0.05) is 6.92 Å². The van der Waals surface area contributed by atoms with Crippen molar-refractivity contribution in [2.75, 3.05) is 44.2 Å². The average molecular weight is 202 g/mol. The van der Waals surface area contributed by atoms with Gasteiger partial charge in [0.05, 0.1) is 0 Å². The molecule has 0 spiro atoms. The Labute approximate surface area is 86.5 Å². The highest BCUT2D eigenvalue weighted by Crippen LogP contribution is 2.09. The molecule has 0 aliphatic carbocycles. The zero-order valence-corrected chi connectivity index (χ0v) is 9.54. The number of thioether (sulfide) groups is 1. The van der Waals surface area contributed by atoms with E-state index in [0.29, 0.717) is 0 Å². The summed E-state index contributed by atoms with van der Waals surface area (Å²) in [5, 5.41) is 3.36. The molecule has 2 nitrogen and oxygen atoms in total. The molecule has 1 N–H and O–H groups in total. The fourth-order valence-electron chi connectivity index (χ4n) is 1.59. The van der Waals surface area contributed by atoms with Crippen molar-refractivity contribution in [2.45, 2.75) is 19.8 Å². The van der Waals surface area contributed by atoms with Crippen LogP contribution in [0.5, 0.6) is 0 Å². The summed E-state index contributed by atoms with van der Waals surface area (Å²) in [6.07, 6.45) is 2.69. The van der Waals surface area contributed by atoms with Crippen LogP contribution in [0.3, 0.4) is 0 Å². The van der Waals surface area contributed by atoms with Crippen LogP contribution in [0.25, 0.3) is 0 Å². The minimum atomic E-state index is 1.11. The first kappa shape index (κ1) is 11.3. The summed E-state index contributed by atoms with van der Waals surface area (Å²) in [6, 6.07) is 0. The highest BCUT2D eigenvalue weighted by Gasteiger charge is 2.08. The van der Waals surface area contributed by atoms with E-state index >= 15 is 0 Å². The minimum absolute atomic E-state index is 1.11. The number of nitrogens with one attached hydrogen (secondary N) is 1. The molecule has 0 aromatic rings. The Morgan fingerprint density at radius 2 is 2.00 bits per heavy atom. The Kier molecular flexibility index (Phi) is 6.68. The maximum absolute atomic E-state index is 3.36. The summed E-state index contributed by atoms with van der Waals surface area (Å²) in [5.74, 6) is 2.68. The van der Waals surface area contributed by atoms with Crippen LogP contribution >= 0.6 is 11.8 Å². The first-order valence-corrected chi connectivity index (χ1v) is 6.59. The van der Waals surface area contributed by atoms with Crippen LogP contribution in [-0.4, -0.2) is 49.1 Å². The van der Waals surface area contributed by atoms with Gasteiger partial charge < -0.3 is 10.2 Å². The van der Waals surface area contributed by atoms with Gasteiger partial charge in [0.25, 0.3) is 0 Å². The normalized spacial score (nSPS) is 19.2. The largest absolute Gasteiger partial charge is 0.317 e. The summed E-state index contributed by atoms with van der Waals surface area (Å²) in [5.41, 5.74) is 0. The Balaban J connectivity index is 1.86. The van der Waals surface area contributed by atoms with E-state index in [-0.39, 0.29) is 0 Å². The van der Waals surface area contributed by atoms with Gasteiger partial charge in [-0.05, 0) is 32.5 Å². The summed E-state index contributed by atoms with van der Waals surface area (Å²) in [6.45, 7) is 8.41. The molecule has 0 bridgehead atoms. The van der Waals surface area contributed by atoms with Gasteiger partial charge in [-0.25, -0.2) is 0 Å². The molecule has 13 heavy (non-hydrogen) atoms. The summed E-state index contributed by atoms with van der Waals surface area (Å²) in [7, 11) is 0. The lowest BCUT2D eigenvalue weighted by molar-refractivity contribution is 0.295. The summed E-state index contributed by atoms with van der Waals surface area (Å²) >= 11 is 2.09. The van der Waals surface area contributed by atoms with Crippen molar-refractivity contribution in [3.63, 3.8) is 0 Å². The van der Waals surface area contributed by atoms with E-state index < -0.39 is 0 Å². The molecule has 1 fully saturated rings. The second kappa shape index (κ2) is 7.65. The zero-order chi connectivity index (χ0) is 9.36. The first-order chi connectivity index (χ1) is 6.43.